The number of benzene rings is 3. The fraction of sp³-hybridized carbons (Fsp3) is 0.0417. The molecule has 0 bridgehead atoms. The van der Waals surface area contributed by atoms with Crippen LogP contribution in [0.25, 0.3) is 28.2 Å². The van der Waals surface area contributed by atoms with Crippen molar-refractivity contribution in [1.29, 1.82) is 5.26 Å². The number of nitriles is 1. The van der Waals surface area contributed by atoms with Gasteiger partial charge >= 0.3 is 0 Å². The fourth-order valence-corrected chi connectivity index (χ4v) is 3.38. The molecular weight excluding hydrogens is 352 g/mol. The van der Waals surface area contributed by atoms with Crippen molar-refractivity contribution in [2.24, 2.45) is 0 Å². The van der Waals surface area contributed by atoms with Gasteiger partial charge in [-0.1, -0.05) is 66.2 Å². The average molecular weight is 369 g/mol. The molecule has 4 rings (SSSR count). The third kappa shape index (κ3) is 3.65. The van der Waals surface area contributed by atoms with Crippen molar-refractivity contribution in [3.63, 3.8) is 0 Å². The van der Waals surface area contributed by atoms with E-state index in [1.165, 1.54) is 10.9 Å². The molecule has 130 valence electrons. The highest BCUT2D eigenvalue weighted by Gasteiger charge is 2.11. The van der Waals surface area contributed by atoms with Gasteiger partial charge in [0.2, 0.25) is 0 Å². The van der Waals surface area contributed by atoms with Gasteiger partial charge in [-0.2, -0.15) is 5.26 Å². The molecule has 0 saturated carbocycles. The Morgan fingerprint density at radius 3 is 2.41 bits per heavy atom. The third-order valence-electron chi connectivity index (χ3n) is 4.62. The number of aromatic nitrogens is 1. The number of H-pyrrole nitrogens is 1. The van der Waals surface area contributed by atoms with Gasteiger partial charge in [0.25, 0.3) is 0 Å². The molecule has 0 unspecified atom stereocenters. The van der Waals surface area contributed by atoms with E-state index in [4.69, 9.17) is 16.9 Å². The predicted molar refractivity (Wildman–Crippen MR) is 113 cm³/mol. The van der Waals surface area contributed by atoms with E-state index in [0.29, 0.717) is 5.56 Å². The number of hydrogen-bond donors (Lipinski definition) is 1. The second-order valence-electron chi connectivity index (χ2n) is 6.37. The summed E-state index contributed by atoms with van der Waals surface area (Å²) in [6, 6.07) is 26.0. The number of halogens is 1. The lowest BCUT2D eigenvalue weighted by Crippen LogP contribution is -1.86. The fourth-order valence-electron chi connectivity index (χ4n) is 3.26. The molecule has 0 atom stereocenters. The summed E-state index contributed by atoms with van der Waals surface area (Å²) < 4.78 is 0. The topological polar surface area (TPSA) is 39.6 Å². The van der Waals surface area contributed by atoms with Gasteiger partial charge in [-0.3, -0.25) is 0 Å². The number of para-hydroxylation sites is 1. The van der Waals surface area contributed by atoms with Crippen molar-refractivity contribution in [1.82, 2.24) is 4.98 Å². The Morgan fingerprint density at radius 1 is 0.926 bits per heavy atom. The van der Waals surface area contributed by atoms with Gasteiger partial charge in [0.15, 0.2) is 0 Å². The van der Waals surface area contributed by atoms with Crippen molar-refractivity contribution >= 4 is 28.6 Å². The molecule has 1 aromatic heterocycles. The lowest BCUT2D eigenvalue weighted by atomic mass is 10.0. The number of hydrogen-bond acceptors (Lipinski definition) is 1. The molecule has 2 nitrogen and oxygen atoms in total. The third-order valence-corrected chi connectivity index (χ3v) is 4.87. The number of aromatic amines is 1. The SMILES string of the molecule is N#Cc1ccc(/C=C/Cc2c(-c3ccc(Cl)cc3)[nH]c3ccccc23)cc1. The number of nitrogens with zero attached hydrogens (tertiary/aromatic N) is 1. The average Bonchev–Trinajstić information content (AvgIpc) is 3.08. The van der Waals surface area contributed by atoms with E-state index in [1.807, 2.05) is 54.6 Å². The summed E-state index contributed by atoms with van der Waals surface area (Å²) in [4.78, 5) is 3.55. The molecule has 0 fully saturated rings. The van der Waals surface area contributed by atoms with Crippen LogP contribution in [-0.2, 0) is 6.42 Å². The van der Waals surface area contributed by atoms with Crippen LogP contribution >= 0.6 is 11.6 Å². The minimum atomic E-state index is 0.675. The highest BCUT2D eigenvalue weighted by atomic mass is 35.5. The van der Waals surface area contributed by atoms with Crippen LogP contribution in [0.4, 0.5) is 0 Å². The zero-order valence-corrected chi connectivity index (χ0v) is 15.4. The summed E-state index contributed by atoms with van der Waals surface area (Å²) in [7, 11) is 0. The molecule has 1 N–H and O–H groups in total. The molecule has 1 heterocycles. The van der Waals surface area contributed by atoms with Crippen LogP contribution < -0.4 is 0 Å². The first-order valence-electron chi connectivity index (χ1n) is 8.77. The molecule has 0 spiro atoms. The van der Waals surface area contributed by atoms with Crippen molar-refractivity contribution < 1.29 is 0 Å². The summed E-state index contributed by atoms with van der Waals surface area (Å²) in [5.74, 6) is 0. The molecule has 0 saturated heterocycles. The molecule has 0 radical (unpaired) electrons. The predicted octanol–water partition coefficient (Wildman–Crippen LogP) is 6.62. The Morgan fingerprint density at radius 2 is 1.67 bits per heavy atom. The molecule has 4 aromatic rings. The van der Waals surface area contributed by atoms with E-state index in [-0.39, 0.29) is 0 Å². The van der Waals surface area contributed by atoms with Crippen molar-refractivity contribution in [2.75, 3.05) is 0 Å². The summed E-state index contributed by atoms with van der Waals surface area (Å²) in [6.45, 7) is 0. The number of fused-ring (bicyclic) bond motifs is 1. The van der Waals surface area contributed by atoms with E-state index >= 15 is 0 Å². The van der Waals surface area contributed by atoms with Crippen LogP contribution in [0.1, 0.15) is 16.7 Å². The zero-order valence-electron chi connectivity index (χ0n) is 14.6. The quantitative estimate of drug-likeness (QED) is 0.432. The standard InChI is InChI=1S/C24H17ClN2/c25-20-14-12-19(13-15-20)24-22(21-5-1-2-7-23(21)27-24)6-3-4-17-8-10-18(16-26)11-9-17/h1-5,7-15,27H,6H2/b4-3+. The smallest absolute Gasteiger partial charge is 0.0991 e. The Labute approximate surface area is 163 Å². The van der Waals surface area contributed by atoms with Gasteiger partial charge in [0, 0.05) is 15.9 Å². The van der Waals surface area contributed by atoms with Crippen molar-refractivity contribution in [3.8, 4) is 17.3 Å². The van der Waals surface area contributed by atoms with Crippen molar-refractivity contribution in [2.45, 2.75) is 6.42 Å². The second kappa shape index (κ2) is 7.53. The highest BCUT2D eigenvalue weighted by Crippen LogP contribution is 2.31. The Bertz CT molecular complexity index is 1140. The molecule has 0 amide bonds. The lowest BCUT2D eigenvalue weighted by molar-refractivity contribution is 1.29. The Hall–Kier alpha value is -3.28. The van der Waals surface area contributed by atoms with E-state index in [1.54, 1.807) is 0 Å². The van der Waals surface area contributed by atoms with Crippen LogP contribution in [0, 0.1) is 11.3 Å². The molecule has 27 heavy (non-hydrogen) atoms. The van der Waals surface area contributed by atoms with Crippen LogP contribution in [0.15, 0.2) is 78.9 Å². The van der Waals surface area contributed by atoms with Crippen LogP contribution in [0.5, 0.6) is 0 Å². The van der Waals surface area contributed by atoms with Crippen LogP contribution in [-0.4, -0.2) is 4.98 Å². The summed E-state index contributed by atoms with van der Waals surface area (Å²) >= 11 is 6.05. The monoisotopic (exact) mass is 368 g/mol. The molecule has 0 aliphatic heterocycles. The second-order valence-corrected chi connectivity index (χ2v) is 6.81. The minimum Gasteiger partial charge on any atom is -0.354 e. The summed E-state index contributed by atoms with van der Waals surface area (Å²) in [5, 5.41) is 10.9. The minimum absolute atomic E-state index is 0.675. The van der Waals surface area contributed by atoms with Gasteiger partial charge < -0.3 is 4.98 Å². The normalized spacial score (nSPS) is 11.1. The molecule has 3 heteroatoms. The first-order valence-corrected chi connectivity index (χ1v) is 9.14. The summed E-state index contributed by atoms with van der Waals surface area (Å²) in [6.07, 6.45) is 5.06. The number of rotatable bonds is 4. The molecular formula is C24H17ClN2. The van der Waals surface area contributed by atoms with E-state index in [2.05, 4.69) is 41.4 Å². The van der Waals surface area contributed by atoms with Gasteiger partial charge in [-0.25, -0.2) is 0 Å². The van der Waals surface area contributed by atoms with E-state index in [0.717, 1.165) is 33.8 Å². The van der Waals surface area contributed by atoms with Gasteiger partial charge in [0.1, 0.15) is 0 Å². The first-order chi connectivity index (χ1) is 13.2. The highest BCUT2D eigenvalue weighted by molar-refractivity contribution is 6.30. The Kier molecular flexibility index (Phi) is 4.78. The summed E-state index contributed by atoms with van der Waals surface area (Å²) in [5.41, 5.74) is 6.40. The van der Waals surface area contributed by atoms with Gasteiger partial charge in [-0.05, 0) is 53.4 Å². The van der Waals surface area contributed by atoms with E-state index in [9.17, 15) is 0 Å². The zero-order chi connectivity index (χ0) is 18.6. The van der Waals surface area contributed by atoms with Crippen molar-refractivity contribution in [3.05, 3.63) is 101 Å². The first kappa shape index (κ1) is 17.1. The number of nitrogens with one attached hydrogen (secondary N) is 1. The maximum Gasteiger partial charge on any atom is 0.0991 e. The van der Waals surface area contributed by atoms with Crippen LogP contribution in [0.3, 0.4) is 0 Å². The number of allylic oxidation sites excluding steroid dienone is 1. The van der Waals surface area contributed by atoms with Crippen LogP contribution in [0.2, 0.25) is 5.02 Å². The molecule has 0 aliphatic rings. The van der Waals surface area contributed by atoms with E-state index < -0.39 is 0 Å². The lowest BCUT2D eigenvalue weighted by Gasteiger charge is -2.03. The maximum absolute atomic E-state index is 8.91. The molecule has 3 aromatic carbocycles. The molecule has 0 aliphatic carbocycles. The maximum atomic E-state index is 8.91. The largest absolute Gasteiger partial charge is 0.354 e. The Balaban J connectivity index is 1.69. The van der Waals surface area contributed by atoms with Gasteiger partial charge in [-0.15, -0.1) is 0 Å². The van der Waals surface area contributed by atoms with Gasteiger partial charge in [0.05, 0.1) is 17.3 Å².